The largest absolute Gasteiger partial charge is 0.508 e. The van der Waals surface area contributed by atoms with Gasteiger partial charge in [0.2, 0.25) is 0 Å². The first-order valence-electron chi connectivity index (χ1n) is 9.30. The number of para-hydroxylation sites is 1. The van der Waals surface area contributed by atoms with E-state index < -0.39 is 17.7 Å². The minimum absolute atomic E-state index is 0.0173. The van der Waals surface area contributed by atoms with E-state index in [1.54, 1.807) is 48.5 Å². The molecule has 3 aromatic rings. The van der Waals surface area contributed by atoms with Crippen LogP contribution in [0.4, 0.5) is 5.69 Å². The van der Waals surface area contributed by atoms with Gasteiger partial charge >= 0.3 is 0 Å². The second-order valence-electron chi connectivity index (χ2n) is 7.05. The molecular weight excluding hydrogens is 402 g/mol. The lowest BCUT2D eigenvalue weighted by Gasteiger charge is -2.26. The molecule has 1 fully saturated rings. The number of amides is 1. The Bertz CT molecular complexity index is 1170. The first kappa shape index (κ1) is 19.7. The molecule has 150 valence electrons. The van der Waals surface area contributed by atoms with E-state index in [4.69, 9.17) is 11.6 Å². The summed E-state index contributed by atoms with van der Waals surface area (Å²) in [5, 5.41) is 21.2. The zero-order valence-electron chi connectivity index (χ0n) is 16.0. The molecule has 2 N–H and O–H groups in total. The number of phenolic OH excluding ortho intramolecular Hbond substituents is 1. The lowest BCUT2D eigenvalue weighted by atomic mass is 9.95. The second-order valence-corrected chi connectivity index (χ2v) is 7.49. The van der Waals surface area contributed by atoms with Gasteiger partial charge in [0.1, 0.15) is 11.5 Å². The number of aryl methyl sites for hydroxylation is 1. The van der Waals surface area contributed by atoms with Crippen LogP contribution in [-0.4, -0.2) is 21.9 Å². The van der Waals surface area contributed by atoms with E-state index in [-0.39, 0.29) is 17.1 Å². The highest BCUT2D eigenvalue weighted by molar-refractivity contribution is 6.51. The highest BCUT2D eigenvalue weighted by Crippen LogP contribution is 2.43. The van der Waals surface area contributed by atoms with Crippen molar-refractivity contribution in [3.8, 4) is 5.75 Å². The Balaban J connectivity index is 1.96. The molecule has 1 amide bonds. The van der Waals surface area contributed by atoms with Crippen LogP contribution in [0.25, 0.3) is 5.76 Å². The van der Waals surface area contributed by atoms with Crippen LogP contribution in [0, 0.1) is 6.92 Å². The summed E-state index contributed by atoms with van der Waals surface area (Å²) in [4.78, 5) is 27.5. The molecular formula is C24H18ClNO4. The SMILES string of the molecule is Cc1ccccc1N1C(=O)C(=O)/C(=C(/O)c2ccc(Cl)cc2)C1c1ccc(O)cc1. The van der Waals surface area contributed by atoms with Gasteiger partial charge in [-0.1, -0.05) is 41.9 Å². The van der Waals surface area contributed by atoms with Crippen LogP contribution in [0.3, 0.4) is 0 Å². The Kier molecular flexibility index (Phi) is 5.06. The maximum Gasteiger partial charge on any atom is 0.300 e. The van der Waals surface area contributed by atoms with Gasteiger partial charge in [0, 0.05) is 16.3 Å². The predicted octanol–water partition coefficient (Wildman–Crippen LogP) is 4.98. The predicted molar refractivity (Wildman–Crippen MR) is 116 cm³/mol. The Morgan fingerprint density at radius 3 is 2.20 bits per heavy atom. The molecule has 4 rings (SSSR count). The molecule has 6 heteroatoms. The minimum Gasteiger partial charge on any atom is -0.508 e. The third-order valence-corrected chi connectivity index (χ3v) is 5.40. The molecule has 0 saturated carbocycles. The van der Waals surface area contributed by atoms with Crippen molar-refractivity contribution in [2.45, 2.75) is 13.0 Å². The maximum atomic E-state index is 13.1. The topological polar surface area (TPSA) is 77.8 Å². The third-order valence-electron chi connectivity index (χ3n) is 5.15. The van der Waals surface area contributed by atoms with Crippen molar-refractivity contribution in [2.24, 2.45) is 0 Å². The first-order chi connectivity index (χ1) is 14.4. The van der Waals surface area contributed by atoms with Crippen LogP contribution in [-0.2, 0) is 9.59 Å². The van der Waals surface area contributed by atoms with Gasteiger partial charge in [-0.2, -0.15) is 0 Å². The molecule has 0 radical (unpaired) electrons. The van der Waals surface area contributed by atoms with Gasteiger partial charge in [-0.3, -0.25) is 14.5 Å². The second kappa shape index (κ2) is 7.69. The normalized spacial score (nSPS) is 18.1. The number of ketones is 1. The average molecular weight is 420 g/mol. The summed E-state index contributed by atoms with van der Waals surface area (Å²) in [5.74, 6) is -1.72. The van der Waals surface area contributed by atoms with Crippen molar-refractivity contribution in [3.05, 3.63) is 100 Å². The van der Waals surface area contributed by atoms with Gasteiger partial charge in [0.05, 0.1) is 11.6 Å². The number of carbonyl (C=O) groups excluding carboxylic acids is 2. The Hall–Kier alpha value is -3.57. The number of aromatic hydroxyl groups is 1. The van der Waals surface area contributed by atoms with Crippen molar-refractivity contribution in [3.63, 3.8) is 0 Å². The van der Waals surface area contributed by atoms with E-state index in [0.29, 0.717) is 21.8 Å². The number of carbonyl (C=O) groups is 2. The monoisotopic (exact) mass is 419 g/mol. The van der Waals surface area contributed by atoms with E-state index in [0.717, 1.165) is 5.56 Å². The first-order valence-corrected chi connectivity index (χ1v) is 9.68. The van der Waals surface area contributed by atoms with Gasteiger partial charge in [-0.25, -0.2) is 0 Å². The molecule has 5 nitrogen and oxygen atoms in total. The lowest BCUT2D eigenvalue weighted by Crippen LogP contribution is -2.30. The van der Waals surface area contributed by atoms with E-state index in [1.807, 2.05) is 19.1 Å². The smallest absolute Gasteiger partial charge is 0.300 e. The minimum atomic E-state index is -0.845. The van der Waals surface area contributed by atoms with Crippen LogP contribution < -0.4 is 4.90 Å². The summed E-state index contributed by atoms with van der Waals surface area (Å²) >= 11 is 5.94. The molecule has 0 aromatic heterocycles. The van der Waals surface area contributed by atoms with Crippen LogP contribution >= 0.6 is 11.6 Å². The van der Waals surface area contributed by atoms with E-state index in [2.05, 4.69) is 0 Å². The molecule has 1 heterocycles. The zero-order chi connectivity index (χ0) is 21.4. The number of anilines is 1. The van der Waals surface area contributed by atoms with Crippen LogP contribution in [0.5, 0.6) is 5.75 Å². The van der Waals surface area contributed by atoms with Gasteiger partial charge in [0.15, 0.2) is 0 Å². The maximum absolute atomic E-state index is 13.1. The van der Waals surface area contributed by atoms with Gasteiger partial charge in [-0.15, -0.1) is 0 Å². The van der Waals surface area contributed by atoms with Crippen LogP contribution in [0.15, 0.2) is 78.4 Å². The zero-order valence-corrected chi connectivity index (χ0v) is 16.8. The molecule has 30 heavy (non-hydrogen) atoms. The standard InChI is InChI=1S/C24H18ClNO4/c1-14-4-2-3-5-19(14)26-21(15-8-12-18(27)13-9-15)20(23(29)24(26)30)22(28)16-6-10-17(25)11-7-16/h2-13,21,27-28H,1H3/b22-20+. The fraction of sp³-hybridized carbons (Fsp3) is 0.0833. The molecule has 0 bridgehead atoms. The third kappa shape index (κ3) is 3.33. The van der Waals surface area contributed by atoms with Crippen LogP contribution in [0.1, 0.15) is 22.7 Å². The molecule has 1 saturated heterocycles. The summed E-state index contributed by atoms with van der Waals surface area (Å²) in [6, 6.07) is 19.0. The molecule has 1 atom stereocenters. The number of halogens is 1. The van der Waals surface area contributed by atoms with Gasteiger partial charge in [0.25, 0.3) is 11.7 Å². The molecule has 1 aliphatic rings. The lowest BCUT2D eigenvalue weighted by molar-refractivity contribution is -0.132. The fourth-order valence-corrected chi connectivity index (χ4v) is 3.78. The van der Waals surface area contributed by atoms with Crippen molar-refractivity contribution in [1.82, 2.24) is 0 Å². The number of hydrogen-bond acceptors (Lipinski definition) is 4. The Morgan fingerprint density at radius 2 is 1.57 bits per heavy atom. The Morgan fingerprint density at radius 1 is 0.933 bits per heavy atom. The fourth-order valence-electron chi connectivity index (χ4n) is 3.65. The highest BCUT2D eigenvalue weighted by Gasteiger charge is 2.47. The number of Topliss-reactive ketones (excluding diaryl/α,β-unsaturated/α-hetero) is 1. The number of hydrogen-bond donors (Lipinski definition) is 2. The van der Waals surface area contributed by atoms with Gasteiger partial charge in [-0.05, 0) is 60.5 Å². The van der Waals surface area contributed by atoms with E-state index >= 15 is 0 Å². The van der Waals surface area contributed by atoms with Crippen molar-refractivity contribution < 1.29 is 19.8 Å². The Labute approximate surface area is 178 Å². The summed E-state index contributed by atoms with van der Waals surface area (Å²) in [7, 11) is 0. The van der Waals surface area contributed by atoms with Crippen molar-refractivity contribution in [2.75, 3.05) is 4.90 Å². The van der Waals surface area contributed by atoms with E-state index in [9.17, 15) is 19.8 Å². The molecule has 3 aromatic carbocycles. The summed E-state index contributed by atoms with van der Waals surface area (Å²) < 4.78 is 0. The van der Waals surface area contributed by atoms with Crippen molar-refractivity contribution in [1.29, 1.82) is 0 Å². The van der Waals surface area contributed by atoms with Gasteiger partial charge < -0.3 is 10.2 Å². The summed E-state index contributed by atoms with van der Waals surface area (Å²) in [5.41, 5.74) is 2.34. The number of aliphatic hydroxyl groups excluding tert-OH is 1. The molecule has 0 aliphatic carbocycles. The average Bonchev–Trinajstić information content (AvgIpc) is 3.00. The molecule has 1 unspecified atom stereocenters. The molecule has 0 spiro atoms. The number of benzene rings is 3. The number of rotatable bonds is 3. The highest BCUT2D eigenvalue weighted by atomic mass is 35.5. The quantitative estimate of drug-likeness (QED) is 0.356. The number of nitrogens with zero attached hydrogens (tertiary/aromatic N) is 1. The van der Waals surface area contributed by atoms with Crippen LogP contribution in [0.2, 0.25) is 5.02 Å². The van der Waals surface area contributed by atoms with E-state index in [1.165, 1.54) is 17.0 Å². The number of aliphatic hydroxyl groups is 1. The number of phenols is 1. The summed E-state index contributed by atoms with van der Waals surface area (Å²) in [6.45, 7) is 1.85. The molecule has 1 aliphatic heterocycles. The van der Waals surface area contributed by atoms with Crippen molar-refractivity contribution >= 4 is 34.7 Å². The summed E-state index contributed by atoms with van der Waals surface area (Å²) in [6.07, 6.45) is 0.